The summed E-state index contributed by atoms with van der Waals surface area (Å²) in [6.07, 6.45) is 1.22. The predicted octanol–water partition coefficient (Wildman–Crippen LogP) is 2.22. The summed E-state index contributed by atoms with van der Waals surface area (Å²) in [7, 11) is -4.26. The van der Waals surface area contributed by atoms with Crippen LogP contribution in [-0.2, 0) is 10.0 Å². The molecule has 1 unspecified atom stereocenters. The maximum Gasteiger partial charge on any atom is 0.248 e. The average molecular weight is 343 g/mol. The zero-order valence-electron chi connectivity index (χ0n) is 12.4. The van der Waals surface area contributed by atoms with Crippen LogP contribution in [-0.4, -0.2) is 36.0 Å². The van der Waals surface area contributed by atoms with E-state index in [1.807, 2.05) is 0 Å². The van der Waals surface area contributed by atoms with Crippen molar-refractivity contribution in [2.45, 2.75) is 30.6 Å². The van der Waals surface area contributed by atoms with E-state index in [4.69, 9.17) is 4.52 Å². The third-order valence-electron chi connectivity index (χ3n) is 3.79. The highest BCUT2D eigenvalue weighted by Gasteiger charge is 2.36. The van der Waals surface area contributed by atoms with Gasteiger partial charge in [-0.05, 0) is 31.9 Å². The smallest absolute Gasteiger partial charge is 0.248 e. The highest BCUT2D eigenvalue weighted by Crippen LogP contribution is 2.31. The zero-order chi connectivity index (χ0) is 16.6. The summed E-state index contributed by atoms with van der Waals surface area (Å²) in [5, 5.41) is 3.69. The Labute approximate surface area is 132 Å². The van der Waals surface area contributed by atoms with Gasteiger partial charge in [-0.1, -0.05) is 11.2 Å². The lowest BCUT2D eigenvalue weighted by molar-refractivity contribution is 0.264. The van der Waals surface area contributed by atoms with Crippen LogP contribution in [0.1, 0.15) is 30.5 Å². The van der Waals surface area contributed by atoms with E-state index in [1.54, 1.807) is 6.92 Å². The van der Waals surface area contributed by atoms with Crippen LogP contribution >= 0.6 is 0 Å². The number of halogens is 2. The van der Waals surface area contributed by atoms with Gasteiger partial charge >= 0.3 is 0 Å². The van der Waals surface area contributed by atoms with Gasteiger partial charge in [0.15, 0.2) is 10.7 Å². The molecule has 0 N–H and O–H groups in total. The lowest BCUT2D eigenvalue weighted by Gasteiger charge is -2.30. The molecule has 0 spiro atoms. The molecule has 1 aromatic carbocycles. The summed E-state index contributed by atoms with van der Waals surface area (Å²) in [6, 6.07) is 2.99. The maximum absolute atomic E-state index is 13.8. The molecule has 3 rings (SSSR count). The molecule has 1 aliphatic heterocycles. The maximum atomic E-state index is 13.8. The molecule has 1 aromatic heterocycles. The summed E-state index contributed by atoms with van der Waals surface area (Å²) in [4.78, 5) is 3.20. The normalized spacial score (nSPS) is 19.9. The molecule has 0 aliphatic carbocycles. The molecule has 1 atom stereocenters. The summed E-state index contributed by atoms with van der Waals surface area (Å²) in [5.74, 6) is -1.67. The topological polar surface area (TPSA) is 76.3 Å². The van der Waals surface area contributed by atoms with E-state index in [0.29, 0.717) is 24.6 Å². The second kappa shape index (κ2) is 5.97. The quantitative estimate of drug-likeness (QED) is 0.854. The van der Waals surface area contributed by atoms with Crippen LogP contribution in [0, 0.1) is 18.6 Å². The Kier molecular flexibility index (Phi) is 4.15. The zero-order valence-corrected chi connectivity index (χ0v) is 13.2. The molecule has 0 saturated carbocycles. The number of hydrogen-bond donors (Lipinski definition) is 0. The molecule has 124 valence electrons. The number of aryl methyl sites for hydroxylation is 1. The molecule has 23 heavy (non-hydrogen) atoms. The number of piperidine rings is 1. The SMILES string of the molecule is Cc1noc(C2CCCN(S(=O)(=O)c3c(F)cccc3F)C2)n1. The van der Waals surface area contributed by atoms with Gasteiger partial charge in [-0.2, -0.15) is 9.29 Å². The fraction of sp³-hybridized carbons (Fsp3) is 0.429. The van der Waals surface area contributed by atoms with Gasteiger partial charge in [0.25, 0.3) is 0 Å². The van der Waals surface area contributed by atoms with Crippen LogP contribution in [0.15, 0.2) is 27.6 Å². The van der Waals surface area contributed by atoms with Gasteiger partial charge in [-0.15, -0.1) is 0 Å². The first-order valence-electron chi connectivity index (χ1n) is 7.14. The van der Waals surface area contributed by atoms with Crippen molar-refractivity contribution >= 4 is 10.0 Å². The molecule has 0 radical (unpaired) electrons. The molecule has 6 nitrogen and oxygen atoms in total. The number of benzene rings is 1. The lowest BCUT2D eigenvalue weighted by atomic mass is 10.00. The number of sulfonamides is 1. The van der Waals surface area contributed by atoms with E-state index in [0.717, 1.165) is 22.5 Å². The molecule has 1 saturated heterocycles. The van der Waals surface area contributed by atoms with Gasteiger partial charge in [-0.25, -0.2) is 17.2 Å². The Hall–Kier alpha value is -1.87. The third kappa shape index (κ3) is 2.98. The van der Waals surface area contributed by atoms with E-state index < -0.39 is 26.6 Å². The van der Waals surface area contributed by atoms with Crippen molar-refractivity contribution in [3.63, 3.8) is 0 Å². The van der Waals surface area contributed by atoms with E-state index in [9.17, 15) is 17.2 Å². The van der Waals surface area contributed by atoms with Crippen LogP contribution in [0.25, 0.3) is 0 Å². The summed E-state index contributed by atoms with van der Waals surface area (Å²) >= 11 is 0. The Balaban J connectivity index is 1.91. The van der Waals surface area contributed by atoms with Crippen molar-refractivity contribution in [3.8, 4) is 0 Å². The minimum absolute atomic E-state index is 0.0533. The minimum Gasteiger partial charge on any atom is -0.339 e. The second-order valence-electron chi connectivity index (χ2n) is 5.43. The van der Waals surface area contributed by atoms with Crippen molar-refractivity contribution in [1.29, 1.82) is 0 Å². The first-order chi connectivity index (χ1) is 10.9. The Morgan fingerprint density at radius 2 is 2.00 bits per heavy atom. The summed E-state index contributed by atoms with van der Waals surface area (Å²) in [5.41, 5.74) is 0. The largest absolute Gasteiger partial charge is 0.339 e. The molecule has 0 bridgehead atoms. The van der Waals surface area contributed by atoms with Gasteiger partial charge in [0.2, 0.25) is 15.9 Å². The van der Waals surface area contributed by atoms with Crippen LogP contribution in [0.5, 0.6) is 0 Å². The highest BCUT2D eigenvalue weighted by molar-refractivity contribution is 7.89. The van der Waals surface area contributed by atoms with E-state index >= 15 is 0 Å². The van der Waals surface area contributed by atoms with Gasteiger partial charge in [0.1, 0.15) is 11.6 Å². The number of hydrogen-bond acceptors (Lipinski definition) is 5. The molecule has 1 aliphatic rings. The van der Waals surface area contributed by atoms with Crippen molar-refractivity contribution in [3.05, 3.63) is 41.5 Å². The van der Waals surface area contributed by atoms with E-state index in [2.05, 4.69) is 10.1 Å². The number of rotatable bonds is 3. The average Bonchev–Trinajstić information content (AvgIpc) is 2.94. The molecular formula is C14H15F2N3O3S. The summed E-state index contributed by atoms with van der Waals surface area (Å²) < 4.78 is 59.0. The highest BCUT2D eigenvalue weighted by atomic mass is 32.2. The van der Waals surface area contributed by atoms with Crippen molar-refractivity contribution < 1.29 is 21.7 Å². The Morgan fingerprint density at radius 1 is 1.30 bits per heavy atom. The van der Waals surface area contributed by atoms with Gasteiger partial charge in [-0.3, -0.25) is 0 Å². The van der Waals surface area contributed by atoms with Crippen LogP contribution in [0.2, 0.25) is 0 Å². The number of nitrogens with zero attached hydrogens (tertiary/aromatic N) is 3. The number of aromatic nitrogens is 2. The standard InChI is InChI=1S/C14H15F2N3O3S/c1-9-17-14(22-18-9)10-4-3-7-19(8-10)23(20,21)13-11(15)5-2-6-12(13)16/h2,5-6,10H,3-4,7-8H2,1H3. The monoisotopic (exact) mass is 343 g/mol. The van der Waals surface area contributed by atoms with Gasteiger partial charge in [0.05, 0.1) is 5.92 Å². The predicted molar refractivity (Wildman–Crippen MR) is 76.1 cm³/mol. The fourth-order valence-electron chi connectivity index (χ4n) is 2.70. The first kappa shape index (κ1) is 16.0. The molecule has 2 aromatic rings. The fourth-order valence-corrected chi connectivity index (χ4v) is 4.33. The molecule has 0 amide bonds. The molecule has 2 heterocycles. The van der Waals surface area contributed by atoms with Crippen molar-refractivity contribution in [1.82, 2.24) is 14.4 Å². The van der Waals surface area contributed by atoms with E-state index in [-0.39, 0.29) is 19.0 Å². The Bertz CT molecular complexity index is 802. The van der Waals surface area contributed by atoms with Crippen LogP contribution in [0.3, 0.4) is 0 Å². The summed E-state index contributed by atoms with van der Waals surface area (Å²) in [6.45, 7) is 1.91. The lowest BCUT2D eigenvalue weighted by Crippen LogP contribution is -2.39. The van der Waals surface area contributed by atoms with Crippen molar-refractivity contribution in [2.24, 2.45) is 0 Å². The van der Waals surface area contributed by atoms with Crippen molar-refractivity contribution in [2.75, 3.05) is 13.1 Å². The van der Waals surface area contributed by atoms with Gasteiger partial charge in [0, 0.05) is 13.1 Å². The third-order valence-corrected chi connectivity index (χ3v) is 5.71. The van der Waals surface area contributed by atoms with E-state index in [1.165, 1.54) is 0 Å². The molecule has 9 heteroatoms. The molecule has 1 fully saturated rings. The van der Waals surface area contributed by atoms with Crippen LogP contribution < -0.4 is 0 Å². The van der Waals surface area contributed by atoms with Crippen LogP contribution in [0.4, 0.5) is 8.78 Å². The van der Waals surface area contributed by atoms with Gasteiger partial charge < -0.3 is 4.52 Å². The second-order valence-corrected chi connectivity index (χ2v) is 7.31. The molecular weight excluding hydrogens is 328 g/mol. The first-order valence-corrected chi connectivity index (χ1v) is 8.58. The Morgan fingerprint density at radius 3 is 2.61 bits per heavy atom. The minimum atomic E-state index is -4.26.